The molecule has 1 aliphatic rings. The summed E-state index contributed by atoms with van der Waals surface area (Å²) in [6.45, 7) is 5.16. The number of hydrogen-bond donors (Lipinski definition) is 3. The molecule has 0 aliphatic carbocycles. The van der Waals surface area contributed by atoms with Crippen molar-refractivity contribution >= 4 is 24.2 Å². The summed E-state index contributed by atoms with van der Waals surface area (Å²) in [5, 5.41) is 9.21. The molecule has 7 heteroatoms. The second-order valence-electron chi connectivity index (χ2n) is 8.16. The molecule has 31 heavy (non-hydrogen) atoms. The van der Waals surface area contributed by atoms with Gasteiger partial charge < -0.3 is 20.7 Å². The highest BCUT2D eigenvalue weighted by Crippen LogP contribution is 2.17. The Hall–Kier alpha value is -2.57. The van der Waals surface area contributed by atoms with E-state index in [0.29, 0.717) is 25.9 Å². The van der Waals surface area contributed by atoms with Crippen LogP contribution in [-0.4, -0.2) is 31.0 Å². The third kappa shape index (κ3) is 6.97. The van der Waals surface area contributed by atoms with E-state index in [-0.39, 0.29) is 36.2 Å². The SMILES string of the molecule is COc1ccc(CNC(=O)[C@H](CC(C)C)NC(=O)[C@@H]2Cc3ccccc3CN2)cc1.Cl. The number of ether oxygens (including phenoxy) is 1. The van der Waals surface area contributed by atoms with Crippen LogP contribution in [0.2, 0.25) is 0 Å². The summed E-state index contributed by atoms with van der Waals surface area (Å²) < 4.78 is 5.16. The van der Waals surface area contributed by atoms with Crippen molar-refractivity contribution in [3.63, 3.8) is 0 Å². The van der Waals surface area contributed by atoms with Crippen LogP contribution < -0.4 is 20.7 Å². The van der Waals surface area contributed by atoms with Crippen molar-refractivity contribution < 1.29 is 14.3 Å². The molecule has 0 unspecified atom stereocenters. The van der Waals surface area contributed by atoms with Crippen LogP contribution in [0.15, 0.2) is 48.5 Å². The van der Waals surface area contributed by atoms with Gasteiger partial charge in [0.1, 0.15) is 11.8 Å². The van der Waals surface area contributed by atoms with E-state index >= 15 is 0 Å². The van der Waals surface area contributed by atoms with Gasteiger partial charge in [-0.05, 0) is 47.6 Å². The molecule has 3 N–H and O–H groups in total. The van der Waals surface area contributed by atoms with Gasteiger partial charge in [-0.1, -0.05) is 50.2 Å². The molecule has 2 atom stereocenters. The Bertz CT molecular complexity index is 871. The zero-order valence-corrected chi connectivity index (χ0v) is 19.1. The molecule has 1 heterocycles. The summed E-state index contributed by atoms with van der Waals surface area (Å²) in [5.74, 6) is 0.762. The number of amides is 2. The lowest BCUT2D eigenvalue weighted by atomic mass is 9.95. The van der Waals surface area contributed by atoms with Gasteiger partial charge in [-0.25, -0.2) is 0 Å². The maximum Gasteiger partial charge on any atom is 0.242 e. The van der Waals surface area contributed by atoms with Crippen molar-refractivity contribution in [1.29, 1.82) is 0 Å². The van der Waals surface area contributed by atoms with Crippen LogP contribution in [0.1, 0.15) is 37.0 Å². The third-order valence-corrected chi connectivity index (χ3v) is 5.36. The molecule has 1 aliphatic heterocycles. The summed E-state index contributed by atoms with van der Waals surface area (Å²) in [6, 6.07) is 14.8. The largest absolute Gasteiger partial charge is 0.497 e. The summed E-state index contributed by atoms with van der Waals surface area (Å²) in [6.07, 6.45) is 1.22. The first-order valence-corrected chi connectivity index (χ1v) is 10.5. The number of nitrogens with one attached hydrogen (secondary N) is 3. The van der Waals surface area contributed by atoms with Gasteiger partial charge in [0.05, 0.1) is 13.2 Å². The third-order valence-electron chi connectivity index (χ3n) is 5.36. The van der Waals surface area contributed by atoms with Crippen molar-refractivity contribution in [2.45, 2.75) is 51.9 Å². The van der Waals surface area contributed by atoms with E-state index < -0.39 is 6.04 Å². The highest BCUT2D eigenvalue weighted by molar-refractivity contribution is 5.90. The van der Waals surface area contributed by atoms with Crippen LogP contribution in [0.25, 0.3) is 0 Å². The minimum Gasteiger partial charge on any atom is -0.497 e. The summed E-state index contributed by atoms with van der Waals surface area (Å²) in [4.78, 5) is 25.7. The van der Waals surface area contributed by atoms with Crippen LogP contribution >= 0.6 is 12.4 Å². The zero-order valence-electron chi connectivity index (χ0n) is 18.3. The Kier molecular flexibility index (Phi) is 9.34. The Morgan fingerprint density at radius 2 is 1.77 bits per heavy atom. The maximum atomic E-state index is 12.9. The van der Waals surface area contributed by atoms with Gasteiger partial charge in [0.2, 0.25) is 11.8 Å². The molecule has 2 amide bonds. The first kappa shape index (κ1) is 24.7. The van der Waals surface area contributed by atoms with Crippen LogP contribution in [0.3, 0.4) is 0 Å². The van der Waals surface area contributed by atoms with Crippen LogP contribution in [0.5, 0.6) is 5.75 Å². The van der Waals surface area contributed by atoms with Crippen molar-refractivity contribution in [2.75, 3.05) is 7.11 Å². The lowest BCUT2D eigenvalue weighted by Gasteiger charge is -2.28. The number of rotatable bonds is 8. The molecule has 0 bridgehead atoms. The van der Waals surface area contributed by atoms with Gasteiger partial charge in [0, 0.05) is 13.1 Å². The molecule has 0 saturated heterocycles. The average Bonchev–Trinajstić information content (AvgIpc) is 2.76. The summed E-state index contributed by atoms with van der Waals surface area (Å²) in [7, 11) is 1.62. The highest BCUT2D eigenvalue weighted by Gasteiger charge is 2.28. The predicted molar refractivity (Wildman–Crippen MR) is 124 cm³/mol. The molecule has 0 aromatic heterocycles. The Labute approximate surface area is 190 Å². The number of carbonyl (C=O) groups excluding carboxylic acids is 2. The van der Waals surface area contributed by atoms with Gasteiger partial charge in [-0.15, -0.1) is 12.4 Å². The van der Waals surface area contributed by atoms with Crippen molar-refractivity contribution in [2.24, 2.45) is 5.92 Å². The fraction of sp³-hybridized carbons (Fsp3) is 0.417. The van der Waals surface area contributed by atoms with Gasteiger partial charge >= 0.3 is 0 Å². The summed E-state index contributed by atoms with van der Waals surface area (Å²) in [5.41, 5.74) is 3.38. The standard InChI is InChI=1S/C24H31N3O3.ClH/c1-16(2)12-22(23(28)26-14-17-8-10-20(30-3)11-9-17)27-24(29)21-13-18-6-4-5-7-19(18)15-25-21;/h4-11,16,21-22,25H,12-15H2,1-3H3,(H,26,28)(H,27,29);1H/t21-,22-;/m0./s1. The highest BCUT2D eigenvalue weighted by atomic mass is 35.5. The molecular weight excluding hydrogens is 414 g/mol. The van der Waals surface area contributed by atoms with E-state index in [1.807, 2.05) is 50.2 Å². The monoisotopic (exact) mass is 445 g/mol. The van der Waals surface area contributed by atoms with E-state index in [1.54, 1.807) is 7.11 Å². The molecule has 0 fully saturated rings. The Morgan fingerprint density at radius 3 is 2.42 bits per heavy atom. The van der Waals surface area contributed by atoms with Gasteiger partial charge in [0.15, 0.2) is 0 Å². The van der Waals surface area contributed by atoms with Gasteiger partial charge in [-0.3, -0.25) is 9.59 Å². The zero-order chi connectivity index (χ0) is 21.5. The van der Waals surface area contributed by atoms with E-state index in [4.69, 9.17) is 4.74 Å². The quantitative estimate of drug-likeness (QED) is 0.583. The fourth-order valence-corrected chi connectivity index (χ4v) is 3.67. The molecule has 168 valence electrons. The first-order valence-electron chi connectivity index (χ1n) is 10.5. The lowest BCUT2D eigenvalue weighted by molar-refractivity contribution is -0.130. The molecule has 0 saturated carbocycles. The molecule has 0 radical (unpaired) electrons. The molecule has 6 nitrogen and oxygen atoms in total. The van der Waals surface area contributed by atoms with Crippen molar-refractivity contribution in [3.8, 4) is 5.75 Å². The van der Waals surface area contributed by atoms with E-state index in [9.17, 15) is 9.59 Å². The van der Waals surface area contributed by atoms with E-state index in [2.05, 4.69) is 28.1 Å². The molecule has 0 spiro atoms. The summed E-state index contributed by atoms with van der Waals surface area (Å²) >= 11 is 0. The molecule has 2 aromatic carbocycles. The number of fused-ring (bicyclic) bond motifs is 1. The lowest BCUT2D eigenvalue weighted by Crippen LogP contribution is -2.54. The van der Waals surface area contributed by atoms with Crippen molar-refractivity contribution in [3.05, 3.63) is 65.2 Å². The number of methoxy groups -OCH3 is 1. The van der Waals surface area contributed by atoms with E-state index in [0.717, 1.165) is 11.3 Å². The minimum absolute atomic E-state index is 0. The minimum atomic E-state index is -0.560. The van der Waals surface area contributed by atoms with Crippen LogP contribution in [0.4, 0.5) is 0 Å². The Morgan fingerprint density at radius 1 is 1.10 bits per heavy atom. The second-order valence-corrected chi connectivity index (χ2v) is 8.16. The second kappa shape index (κ2) is 11.7. The predicted octanol–water partition coefficient (Wildman–Crippen LogP) is 2.98. The van der Waals surface area contributed by atoms with Crippen LogP contribution in [-0.2, 0) is 29.1 Å². The maximum absolute atomic E-state index is 12.9. The molecular formula is C24H32ClN3O3. The smallest absolute Gasteiger partial charge is 0.242 e. The van der Waals surface area contributed by atoms with E-state index in [1.165, 1.54) is 11.1 Å². The number of halogens is 1. The Balaban J connectivity index is 0.00000341. The number of benzene rings is 2. The average molecular weight is 446 g/mol. The normalized spacial score (nSPS) is 15.9. The van der Waals surface area contributed by atoms with Gasteiger partial charge in [-0.2, -0.15) is 0 Å². The fourth-order valence-electron chi connectivity index (χ4n) is 3.67. The topological polar surface area (TPSA) is 79.5 Å². The number of carbonyl (C=O) groups is 2. The first-order chi connectivity index (χ1) is 14.5. The van der Waals surface area contributed by atoms with Crippen LogP contribution in [0, 0.1) is 5.92 Å². The molecule has 2 aromatic rings. The van der Waals surface area contributed by atoms with Crippen molar-refractivity contribution in [1.82, 2.24) is 16.0 Å². The molecule has 3 rings (SSSR count). The van der Waals surface area contributed by atoms with Gasteiger partial charge in [0.25, 0.3) is 0 Å². The number of hydrogen-bond acceptors (Lipinski definition) is 4.